The van der Waals surface area contributed by atoms with Gasteiger partial charge in [-0.15, -0.1) is 22.1 Å². The second-order valence-corrected chi connectivity index (χ2v) is 15.9. The number of aryl methyl sites for hydroxylation is 2. The van der Waals surface area contributed by atoms with Crippen LogP contribution in [0.1, 0.15) is 58.7 Å². The number of hydrogen-bond donors (Lipinski definition) is 0. The molecular formula is C50H38N4NiO. The van der Waals surface area contributed by atoms with Crippen LogP contribution in [0.2, 0.25) is 0 Å². The largest absolute Gasteiger partial charge is 2.00 e. The first-order valence-electron chi connectivity index (χ1n) is 19.5. The van der Waals surface area contributed by atoms with E-state index in [1.54, 1.807) is 0 Å². The van der Waals surface area contributed by atoms with Gasteiger partial charge >= 0.3 is 16.5 Å². The molecule has 5 heterocycles. The smallest absolute Gasteiger partial charge is 0.657 e. The van der Waals surface area contributed by atoms with Gasteiger partial charge in [-0.3, -0.25) is 4.79 Å². The minimum atomic E-state index is 0. The molecule has 3 aromatic heterocycles. The average Bonchev–Trinajstić information content (AvgIpc) is 4.06. The molecule has 2 aliphatic heterocycles. The molecule has 0 radical (unpaired) electrons. The minimum Gasteiger partial charge on any atom is -0.657 e. The first kappa shape index (κ1) is 34.6. The van der Waals surface area contributed by atoms with Crippen LogP contribution in [0.15, 0.2) is 109 Å². The Morgan fingerprint density at radius 1 is 0.554 bits per heavy atom. The van der Waals surface area contributed by atoms with Crippen molar-refractivity contribution >= 4 is 57.7 Å². The number of rotatable bonds is 4. The van der Waals surface area contributed by atoms with Gasteiger partial charge in [0.25, 0.3) is 0 Å². The zero-order chi connectivity index (χ0) is 36.8. The third-order valence-electron chi connectivity index (χ3n) is 12.5. The van der Waals surface area contributed by atoms with Crippen molar-refractivity contribution in [3.63, 3.8) is 0 Å². The van der Waals surface area contributed by atoms with Crippen molar-refractivity contribution in [1.29, 1.82) is 0 Å². The van der Waals surface area contributed by atoms with Crippen molar-refractivity contribution in [1.82, 2.24) is 19.9 Å². The molecule has 0 amide bonds. The monoisotopic (exact) mass is 768 g/mol. The number of allylic oxidation sites excluding steroid dienone is 2. The van der Waals surface area contributed by atoms with Crippen LogP contribution in [-0.4, -0.2) is 15.8 Å². The maximum absolute atomic E-state index is 13.8. The number of carbonyl (C=O) groups excluding carboxylic acids is 1. The summed E-state index contributed by atoms with van der Waals surface area (Å²) in [5.74, 6) is 2.18. The Balaban J connectivity index is 0.00000384. The third kappa shape index (κ3) is 5.69. The van der Waals surface area contributed by atoms with Gasteiger partial charge in [0, 0.05) is 11.5 Å². The van der Waals surface area contributed by atoms with Crippen LogP contribution < -0.4 is 9.97 Å². The summed E-state index contributed by atoms with van der Waals surface area (Å²) in [7, 11) is 0. The SMILES string of the molecule is Cc1ccc(-c2c3nc(c(-c4ccc(C5=CC6C(C5=O)[C@@H]5CC[C@H]6C5)cc4)c4ccc([n-]4)c(-c4ccc(C)cc4)c4nc(cc5ccc2[n-]5)C=C4)C=C3)cc1.[Ni+2]. The van der Waals surface area contributed by atoms with E-state index in [1.165, 1.54) is 30.4 Å². The topological polar surface area (TPSA) is 71.1 Å². The van der Waals surface area contributed by atoms with E-state index in [-0.39, 0.29) is 22.4 Å². The Kier molecular flexibility index (Phi) is 8.30. The van der Waals surface area contributed by atoms with Crippen molar-refractivity contribution in [3.8, 4) is 33.4 Å². The van der Waals surface area contributed by atoms with Crippen LogP contribution in [-0.2, 0) is 21.3 Å². The number of aromatic nitrogens is 4. The standard InChI is InChI=1S/C50H38N4O.Ni/c1-28-3-7-31(8-4-28)47-40-19-17-36(51-40)26-37-18-20-41(52-37)48(32-9-5-29(2)6-10-32)43-22-24-45(54-43)49(44-23-21-42(47)53-44)33-13-11-30(12-14-33)39-27-38-34-15-16-35(25-34)46(38)50(39)55;/h3-14,17-24,26-27,34-35,38,46H,15-16,25H2,1-2H3;/q-2;+2/t34-,35+,38?,46?;/m0./s1. The van der Waals surface area contributed by atoms with Gasteiger partial charge in [-0.2, -0.15) is 0 Å². The van der Waals surface area contributed by atoms with Crippen molar-refractivity contribution < 1.29 is 21.3 Å². The molecule has 5 aliphatic rings. The fraction of sp³-hybridized carbons (Fsp3) is 0.180. The number of Topliss-reactive ketones (excluding diaryl/α,β-unsaturated/α-hetero) is 1. The molecule has 3 aliphatic carbocycles. The van der Waals surface area contributed by atoms with Crippen LogP contribution in [0.3, 0.4) is 0 Å². The summed E-state index contributed by atoms with van der Waals surface area (Å²) in [6, 6.07) is 36.0. The van der Waals surface area contributed by atoms with Crippen LogP contribution in [0, 0.1) is 37.5 Å². The van der Waals surface area contributed by atoms with E-state index < -0.39 is 0 Å². The van der Waals surface area contributed by atoms with Crippen LogP contribution in [0.4, 0.5) is 0 Å². The molecule has 2 unspecified atom stereocenters. The van der Waals surface area contributed by atoms with Crippen molar-refractivity contribution in [2.75, 3.05) is 0 Å². The number of benzene rings is 3. The fourth-order valence-electron chi connectivity index (χ4n) is 9.82. The molecule has 6 heteroatoms. The van der Waals surface area contributed by atoms with Crippen molar-refractivity contribution in [2.45, 2.75) is 33.1 Å². The molecule has 4 atom stereocenters. The molecule has 0 spiro atoms. The Labute approximate surface area is 336 Å². The fourth-order valence-corrected chi connectivity index (χ4v) is 9.82. The van der Waals surface area contributed by atoms with Crippen molar-refractivity contribution in [3.05, 3.63) is 149 Å². The summed E-state index contributed by atoms with van der Waals surface area (Å²) < 4.78 is 0. The molecule has 3 aromatic carbocycles. The van der Waals surface area contributed by atoms with Gasteiger partial charge in [-0.05, 0) is 114 Å². The number of hydrogen-bond acceptors (Lipinski definition) is 3. The van der Waals surface area contributed by atoms with Crippen LogP contribution >= 0.6 is 0 Å². The maximum Gasteiger partial charge on any atom is 2.00 e. The van der Waals surface area contributed by atoms with Gasteiger partial charge in [0.05, 0.1) is 22.8 Å². The van der Waals surface area contributed by atoms with Gasteiger partial charge in [0.1, 0.15) is 0 Å². The van der Waals surface area contributed by atoms with Gasteiger partial charge in [0.2, 0.25) is 0 Å². The summed E-state index contributed by atoms with van der Waals surface area (Å²) in [5.41, 5.74) is 17.0. The summed E-state index contributed by atoms with van der Waals surface area (Å²) in [6.45, 7) is 4.20. The molecule has 2 fully saturated rings. The molecule has 0 saturated heterocycles. The number of nitrogens with zero attached hydrogens (tertiary/aromatic N) is 4. The number of ketones is 1. The maximum atomic E-state index is 13.8. The average molecular weight is 770 g/mol. The Morgan fingerprint density at radius 3 is 1.66 bits per heavy atom. The van der Waals surface area contributed by atoms with Crippen LogP contribution in [0.5, 0.6) is 0 Å². The molecule has 10 bridgehead atoms. The molecule has 11 rings (SSSR count). The zero-order valence-electron chi connectivity index (χ0n) is 31.1. The van der Waals surface area contributed by atoms with Gasteiger partial charge < -0.3 is 9.97 Å². The molecule has 2 saturated carbocycles. The molecular weight excluding hydrogens is 731 g/mol. The van der Waals surface area contributed by atoms with E-state index in [2.05, 4.69) is 141 Å². The molecule has 0 N–H and O–H groups in total. The second-order valence-electron chi connectivity index (χ2n) is 15.9. The van der Waals surface area contributed by atoms with Crippen LogP contribution in [0.25, 0.3) is 85.3 Å². The molecule has 6 aromatic rings. The Bertz CT molecular complexity index is 2790. The first-order chi connectivity index (χ1) is 26.9. The third-order valence-corrected chi connectivity index (χ3v) is 12.5. The molecule has 5 nitrogen and oxygen atoms in total. The Hall–Kier alpha value is -5.84. The van der Waals surface area contributed by atoms with E-state index in [0.717, 1.165) is 89.4 Å². The normalized spacial score (nSPS) is 20.3. The first-order valence-corrected chi connectivity index (χ1v) is 19.5. The van der Waals surface area contributed by atoms with Crippen molar-refractivity contribution in [2.24, 2.45) is 23.7 Å². The quantitative estimate of drug-likeness (QED) is 0.167. The summed E-state index contributed by atoms with van der Waals surface area (Å²) in [5, 5.41) is 0. The summed E-state index contributed by atoms with van der Waals surface area (Å²) >= 11 is 0. The predicted octanol–water partition coefficient (Wildman–Crippen LogP) is 11.2. The van der Waals surface area contributed by atoms with E-state index in [9.17, 15) is 4.79 Å². The van der Waals surface area contributed by atoms with Gasteiger partial charge in [-0.25, -0.2) is 9.97 Å². The second kappa shape index (κ2) is 13.4. The van der Waals surface area contributed by atoms with E-state index in [4.69, 9.17) is 19.9 Å². The molecule has 274 valence electrons. The minimum absolute atomic E-state index is 0. The zero-order valence-corrected chi connectivity index (χ0v) is 32.1. The van der Waals surface area contributed by atoms with Gasteiger partial charge in [-0.1, -0.05) is 120 Å². The number of carbonyl (C=O) groups is 1. The number of fused-ring (bicyclic) bond motifs is 13. The summed E-state index contributed by atoms with van der Waals surface area (Å²) in [4.78, 5) is 34.7. The molecule has 56 heavy (non-hydrogen) atoms. The van der Waals surface area contributed by atoms with E-state index >= 15 is 0 Å². The van der Waals surface area contributed by atoms with E-state index in [1.807, 2.05) is 6.07 Å². The van der Waals surface area contributed by atoms with E-state index in [0.29, 0.717) is 23.5 Å². The Morgan fingerprint density at radius 2 is 1.05 bits per heavy atom. The predicted molar refractivity (Wildman–Crippen MR) is 223 cm³/mol. The summed E-state index contributed by atoms with van der Waals surface area (Å²) in [6.07, 6.45) is 14.3. The van der Waals surface area contributed by atoms with Gasteiger partial charge in [0.15, 0.2) is 5.78 Å².